The zero-order chi connectivity index (χ0) is 21.7. The van der Waals surface area contributed by atoms with Crippen molar-refractivity contribution < 1.29 is 23.8 Å². The Labute approximate surface area is 175 Å². The van der Waals surface area contributed by atoms with Gasteiger partial charge in [0.25, 0.3) is 0 Å². The highest BCUT2D eigenvalue weighted by Gasteiger charge is 2.21. The van der Waals surface area contributed by atoms with Gasteiger partial charge in [0.1, 0.15) is 5.75 Å². The Hall–Kier alpha value is -2.53. The Morgan fingerprint density at radius 1 is 1.31 bits per heavy atom. The molecule has 0 aliphatic rings. The van der Waals surface area contributed by atoms with Gasteiger partial charge in [-0.25, -0.2) is 9.18 Å². The van der Waals surface area contributed by atoms with Crippen molar-refractivity contribution in [1.29, 1.82) is 0 Å². The maximum absolute atomic E-state index is 15.1. The SMILES string of the molecule is C=C(C)c1c(F)c(OCC(=O)OCC)cc(Cl)c1Cc1ccc(O)c(C(C)C)c1. The van der Waals surface area contributed by atoms with Crippen LogP contribution in [0.25, 0.3) is 5.57 Å². The largest absolute Gasteiger partial charge is 0.508 e. The van der Waals surface area contributed by atoms with Crippen molar-refractivity contribution in [3.05, 3.63) is 63.9 Å². The van der Waals surface area contributed by atoms with Gasteiger partial charge in [0.2, 0.25) is 0 Å². The smallest absolute Gasteiger partial charge is 0.344 e. The van der Waals surface area contributed by atoms with Crippen molar-refractivity contribution in [1.82, 2.24) is 0 Å². The van der Waals surface area contributed by atoms with E-state index in [4.69, 9.17) is 21.1 Å². The molecule has 0 radical (unpaired) electrons. The molecule has 0 spiro atoms. The molecule has 2 aromatic rings. The van der Waals surface area contributed by atoms with E-state index in [0.717, 1.165) is 11.1 Å². The van der Waals surface area contributed by atoms with E-state index >= 15 is 4.39 Å². The zero-order valence-corrected chi connectivity index (χ0v) is 17.9. The number of carbonyl (C=O) groups excluding carboxylic acids is 1. The maximum Gasteiger partial charge on any atom is 0.344 e. The number of rotatable bonds is 8. The molecule has 1 N–H and O–H groups in total. The molecule has 0 bridgehead atoms. The van der Waals surface area contributed by atoms with E-state index in [1.165, 1.54) is 6.07 Å². The molecule has 0 fully saturated rings. The minimum Gasteiger partial charge on any atom is -0.508 e. The van der Waals surface area contributed by atoms with Crippen LogP contribution >= 0.6 is 11.6 Å². The minimum absolute atomic E-state index is 0.127. The fourth-order valence-electron chi connectivity index (χ4n) is 3.08. The van der Waals surface area contributed by atoms with E-state index in [1.807, 2.05) is 19.9 Å². The second-order valence-electron chi connectivity index (χ2n) is 7.12. The van der Waals surface area contributed by atoms with E-state index in [9.17, 15) is 9.90 Å². The first kappa shape index (κ1) is 22.8. The number of halogens is 2. The molecule has 2 aromatic carbocycles. The lowest BCUT2D eigenvalue weighted by atomic mass is 9.92. The molecule has 0 aliphatic heterocycles. The lowest BCUT2D eigenvalue weighted by molar-refractivity contribution is -0.145. The predicted octanol–water partition coefficient (Wildman–Crippen LogP) is 5.87. The van der Waals surface area contributed by atoms with Gasteiger partial charge in [-0.05, 0) is 54.5 Å². The normalized spacial score (nSPS) is 10.9. The van der Waals surface area contributed by atoms with Crippen LogP contribution in [0.1, 0.15) is 55.9 Å². The highest BCUT2D eigenvalue weighted by molar-refractivity contribution is 6.31. The standard InChI is InChI=1S/C23H26ClFO4/c1-6-28-21(27)12-29-20-11-18(24)17(22(14(4)5)23(20)25)10-15-7-8-19(26)16(9-15)13(2)3/h7-9,11,13,26H,4,6,10,12H2,1-3,5H3. The summed E-state index contributed by atoms with van der Waals surface area (Å²) in [6.45, 7) is 11.0. The van der Waals surface area contributed by atoms with Crippen LogP contribution in [0, 0.1) is 5.82 Å². The fraction of sp³-hybridized carbons (Fsp3) is 0.348. The number of phenolic OH excluding ortho intramolecular Hbond substituents is 1. The molecule has 0 atom stereocenters. The second kappa shape index (κ2) is 9.79. The van der Waals surface area contributed by atoms with Crippen molar-refractivity contribution in [3.8, 4) is 11.5 Å². The van der Waals surface area contributed by atoms with E-state index in [2.05, 4.69) is 6.58 Å². The molecule has 0 saturated carbocycles. The summed E-state index contributed by atoms with van der Waals surface area (Å²) in [7, 11) is 0. The molecule has 2 rings (SSSR count). The first-order valence-electron chi connectivity index (χ1n) is 9.42. The van der Waals surface area contributed by atoms with E-state index < -0.39 is 18.4 Å². The molecule has 0 saturated heterocycles. The van der Waals surface area contributed by atoms with E-state index in [1.54, 1.807) is 26.0 Å². The van der Waals surface area contributed by atoms with Crippen molar-refractivity contribution in [2.24, 2.45) is 0 Å². The summed E-state index contributed by atoms with van der Waals surface area (Å²) in [5.74, 6) is -0.970. The van der Waals surface area contributed by atoms with Crippen molar-refractivity contribution >= 4 is 23.1 Å². The topological polar surface area (TPSA) is 55.8 Å². The van der Waals surface area contributed by atoms with Gasteiger partial charge in [-0.3, -0.25) is 0 Å². The predicted molar refractivity (Wildman–Crippen MR) is 113 cm³/mol. The van der Waals surface area contributed by atoms with Crippen LogP contribution in [0.2, 0.25) is 5.02 Å². The third-order valence-corrected chi connectivity index (χ3v) is 4.79. The zero-order valence-electron chi connectivity index (χ0n) is 17.1. The van der Waals surface area contributed by atoms with Crippen molar-refractivity contribution in [2.45, 2.75) is 40.0 Å². The van der Waals surface area contributed by atoms with Crippen LogP contribution in [-0.2, 0) is 16.0 Å². The van der Waals surface area contributed by atoms with Gasteiger partial charge >= 0.3 is 5.97 Å². The number of phenols is 1. The van der Waals surface area contributed by atoms with Gasteiger partial charge < -0.3 is 14.6 Å². The average molecular weight is 421 g/mol. The average Bonchev–Trinajstić information content (AvgIpc) is 2.64. The van der Waals surface area contributed by atoms with Crippen LogP contribution in [0.5, 0.6) is 11.5 Å². The van der Waals surface area contributed by atoms with Gasteiger partial charge in [0.15, 0.2) is 18.2 Å². The summed E-state index contributed by atoms with van der Waals surface area (Å²) in [5, 5.41) is 10.3. The Morgan fingerprint density at radius 3 is 2.59 bits per heavy atom. The third-order valence-electron chi connectivity index (χ3n) is 4.46. The van der Waals surface area contributed by atoms with Crippen molar-refractivity contribution in [2.75, 3.05) is 13.2 Å². The highest BCUT2D eigenvalue weighted by Crippen LogP contribution is 2.36. The molecule has 156 valence electrons. The Balaban J connectivity index is 2.42. The number of hydrogen-bond donors (Lipinski definition) is 1. The minimum atomic E-state index is -0.621. The first-order chi connectivity index (χ1) is 13.6. The Morgan fingerprint density at radius 2 is 2.00 bits per heavy atom. The summed E-state index contributed by atoms with van der Waals surface area (Å²) in [5.41, 5.74) is 3.01. The quantitative estimate of drug-likeness (QED) is 0.542. The monoisotopic (exact) mass is 420 g/mol. The van der Waals surface area contributed by atoms with Crippen molar-refractivity contribution in [3.63, 3.8) is 0 Å². The van der Waals surface area contributed by atoms with Crippen LogP contribution in [0.15, 0.2) is 30.8 Å². The maximum atomic E-state index is 15.1. The molecule has 0 aromatic heterocycles. The lowest BCUT2D eigenvalue weighted by Crippen LogP contribution is -2.15. The Bertz CT molecular complexity index is 922. The van der Waals surface area contributed by atoms with E-state index in [0.29, 0.717) is 22.6 Å². The van der Waals surface area contributed by atoms with Crippen LogP contribution in [0.4, 0.5) is 4.39 Å². The molecule has 29 heavy (non-hydrogen) atoms. The Kier molecular flexibility index (Phi) is 7.68. The van der Waals surface area contributed by atoms with Gasteiger partial charge in [0, 0.05) is 16.7 Å². The summed E-state index contributed by atoms with van der Waals surface area (Å²) >= 11 is 6.46. The van der Waals surface area contributed by atoms with E-state index in [-0.39, 0.29) is 29.6 Å². The van der Waals surface area contributed by atoms with Gasteiger partial charge in [-0.1, -0.05) is 44.2 Å². The number of aromatic hydroxyl groups is 1. The van der Waals surface area contributed by atoms with Crippen LogP contribution in [-0.4, -0.2) is 24.3 Å². The molecule has 6 heteroatoms. The molecular formula is C23H26ClFO4. The summed E-state index contributed by atoms with van der Waals surface area (Å²) in [6, 6.07) is 6.66. The second-order valence-corrected chi connectivity index (χ2v) is 7.53. The molecule has 0 aliphatic carbocycles. The molecule has 0 amide bonds. The number of benzene rings is 2. The molecular weight excluding hydrogens is 395 g/mol. The molecule has 0 unspecified atom stereocenters. The first-order valence-corrected chi connectivity index (χ1v) is 9.80. The fourth-order valence-corrected chi connectivity index (χ4v) is 3.34. The third kappa shape index (κ3) is 5.51. The van der Waals surface area contributed by atoms with Gasteiger partial charge in [-0.15, -0.1) is 0 Å². The summed E-state index contributed by atoms with van der Waals surface area (Å²) in [6.07, 6.45) is 0.357. The lowest BCUT2D eigenvalue weighted by Gasteiger charge is -2.17. The number of hydrogen-bond acceptors (Lipinski definition) is 4. The molecule has 0 heterocycles. The number of allylic oxidation sites excluding steroid dienone is 1. The number of ether oxygens (including phenoxy) is 2. The van der Waals surface area contributed by atoms with Crippen LogP contribution < -0.4 is 4.74 Å². The summed E-state index contributed by atoms with van der Waals surface area (Å²) < 4.78 is 25.2. The summed E-state index contributed by atoms with van der Waals surface area (Å²) in [4.78, 5) is 11.5. The number of carbonyl (C=O) groups is 1. The van der Waals surface area contributed by atoms with Gasteiger partial charge in [0.05, 0.1) is 6.61 Å². The number of esters is 1. The van der Waals surface area contributed by atoms with Crippen LogP contribution in [0.3, 0.4) is 0 Å². The van der Waals surface area contributed by atoms with Gasteiger partial charge in [-0.2, -0.15) is 0 Å². The highest BCUT2D eigenvalue weighted by atomic mass is 35.5. The molecule has 4 nitrogen and oxygen atoms in total.